The van der Waals surface area contributed by atoms with Crippen molar-refractivity contribution in [2.45, 2.75) is 37.8 Å². The van der Waals surface area contributed by atoms with Gasteiger partial charge < -0.3 is 19.1 Å². The lowest BCUT2D eigenvalue weighted by Gasteiger charge is -2.29. The summed E-state index contributed by atoms with van der Waals surface area (Å²) in [6, 6.07) is 17.6. The summed E-state index contributed by atoms with van der Waals surface area (Å²) in [4.78, 5) is 14.6. The maximum Gasteiger partial charge on any atom is 0.339 e. The highest BCUT2D eigenvalue weighted by atomic mass is 32.2. The molecule has 0 aliphatic carbocycles. The SMILES string of the molecule is CCC(C)N(Cc1ccc(OS(=O)(=O)c2ccc(F)cc2)cc1)C(=O)Nc1cccc(OC)c1. The van der Waals surface area contributed by atoms with E-state index < -0.39 is 15.9 Å². The molecule has 3 rings (SSSR count). The predicted octanol–water partition coefficient (Wildman–Crippen LogP) is 5.43. The molecule has 0 aliphatic heterocycles. The second-order valence-corrected chi connectivity index (χ2v) is 9.23. The van der Waals surface area contributed by atoms with Gasteiger partial charge in [0.2, 0.25) is 0 Å². The molecule has 3 aromatic rings. The van der Waals surface area contributed by atoms with Gasteiger partial charge in [-0.25, -0.2) is 9.18 Å². The predicted molar refractivity (Wildman–Crippen MR) is 128 cm³/mol. The first-order chi connectivity index (χ1) is 16.2. The van der Waals surface area contributed by atoms with Gasteiger partial charge in [0.25, 0.3) is 0 Å². The van der Waals surface area contributed by atoms with E-state index >= 15 is 0 Å². The van der Waals surface area contributed by atoms with Gasteiger partial charge in [0, 0.05) is 24.3 Å². The summed E-state index contributed by atoms with van der Waals surface area (Å²) in [6.45, 7) is 4.27. The minimum atomic E-state index is -4.09. The molecule has 0 saturated carbocycles. The topological polar surface area (TPSA) is 84.9 Å². The number of anilines is 1. The van der Waals surface area contributed by atoms with Crippen LogP contribution in [0, 0.1) is 5.82 Å². The number of benzene rings is 3. The number of nitrogens with zero attached hydrogens (tertiary/aromatic N) is 1. The van der Waals surface area contributed by atoms with E-state index in [0.29, 0.717) is 18.0 Å². The molecule has 0 saturated heterocycles. The summed E-state index contributed by atoms with van der Waals surface area (Å²) in [5, 5.41) is 2.89. The first-order valence-corrected chi connectivity index (χ1v) is 12.1. The fourth-order valence-electron chi connectivity index (χ4n) is 3.17. The first-order valence-electron chi connectivity index (χ1n) is 10.7. The Balaban J connectivity index is 1.71. The van der Waals surface area contributed by atoms with Gasteiger partial charge in [-0.3, -0.25) is 0 Å². The summed E-state index contributed by atoms with van der Waals surface area (Å²) >= 11 is 0. The van der Waals surface area contributed by atoms with Crippen molar-refractivity contribution in [1.29, 1.82) is 0 Å². The minimum absolute atomic E-state index is 0.0413. The van der Waals surface area contributed by atoms with Crippen molar-refractivity contribution in [2.24, 2.45) is 0 Å². The monoisotopic (exact) mass is 486 g/mol. The van der Waals surface area contributed by atoms with Gasteiger partial charge in [-0.1, -0.05) is 25.1 Å². The smallest absolute Gasteiger partial charge is 0.339 e. The largest absolute Gasteiger partial charge is 0.497 e. The molecule has 0 bridgehead atoms. The molecule has 9 heteroatoms. The van der Waals surface area contributed by atoms with Gasteiger partial charge in [0.05, 0.1) is 7.11 Å². The summed E-state index contributed by atoms with van der Waals surface area (Å²) in [6.07, 6.45) is 0.753. The molecule has 0 aromatic heterocycles. The molecule has 0 fully saturated rings. The number of halogens is 1. The van der Waals surface area contributed by atoms with Crippen molar-refractivity contribution in [2.75, 3.05) is 12.4 Å². The number of rotatable bonds is 9. The van der Waals surface area contributed by atoms with Crippen molar-refractivity contribution >= 4 is 21.8 Å². The van der Waals surface area contributed by atoms with E-state index in [2.05, 4.69) is 5.32 Å². The number of hydrogen-bond acceptors (Lipinski definition) is 5. The van der Waals surface area contributed by atoms with Gasteiger partial charge in [-0.05, 0) is 67.4 Å². The second kappa shape index (κ2) is 11.0. The second-order valence-electron chi connectivity index (χ2n) is 7.68. The maximum absolute atomic E-state index is 13.1. The average Bonchev–Trinajstić information content (AvgIpc) is 2.83. The van der Waals surface area contributed by atoms with Crippen molar-refractivity contribution in [3.05, 3.63) is 84.2 Å². The highest BCUT2D eigenvalue weighted by molar-refractivity contribution is 7.87. The molecule has 0 heterocycles. The third-order valence-corrected chi connectivity index (χ3v) is 6.55. The zero-order valence-corrected chi connectivity index (χ0v) is 20.0. The Hall–Kier alpha value is -3.59. The zero-order valence-electron chi connectivity index (χ0n) is 19.2. The van der Waals surface area contributed by atoms with Crippen LogP contribution in [0.3, 0.4) is 0 Å². The number of carbonyl (C=O) groups is 1. The van der Waals surface area contributed by atoms with E-state index in [0.717, 1.165) is 36.2 Å². The van der Waals surface area contributed by atoms with E-state index in [1.807, 2.05) is 13.8 Å². The highest BCUT2D eigenvalue weighted by Crippen LogP contribution is 2.22. The first kappa shape index (κ1) is 25.0. The van der Waals surface area contributed by atoms with Crippen LogP contribution in [0.1, 0.15) is 25.8 Å². The van der Waals surface area contributed by atoms with Crippen LogP contribution in [0.4, 0.5) is 14.9 Å². The molecule has 7 nitrogen and oxygen atoms in total. The van der Waals surface area contributed by atoms with Gasteiger partial charge >= 0.3 is 16.1 Å². The van der Waals surface area contributed by atoms with Crippen molar-refractivity contribution < 1.29 is 26.5 Å². The average molecular weight is 487 g/mol. The van der Waals surface area contributed by atoms with Crippen LogP contribution in [0.5, 0.6) is 11.5 Å². The van der Waals surface area contributed by atoms with Crippen molar-refractivity contribution in [3.8, 4) is 11.5 Å². The molecule has 34 heavy (non-hydrogen) atoms. The number of amides is 2. The Morgan fingerprint density at radius 3 is 2.32 bits per heavy atom. The van der Waals surface area contributed by atoms with Crippen molar-refractivity contribution in [3.63, 3.8) is 0 Å². The fraction of sp³-hybridized carbons (Fsp3) is 0.240. The van der Waals surface area contributed by atoms with Crippen LogP contribution in [-0.2, 0) is 16.7 Å². The third-order valence-electron chi connectivity index (χ3n) is 5.29. The Labute approximate surface area is 199 Å². The van der Waals surface area contributed by atoms with Gasteiger partial charge in [-0.15, -0.1) is 0 Å². The Kier molecular flexibility index (Phi) is 8.12. The number of urea groups is 1. The van der Waals surface area contributed by atoms with Crippen LogP contribution in [-0.4, -0.2) is 32.5 Å². The van der Waals surface area contributed by atoms with Gasteiger partial charge in [0.15, 0.2) is 0 Å². The van der Waals surface area contributed by atoms with Crippen LogP contribution >= 0.6 is 0 Å². The molecule has 180 valence electrons. The van der Waals surface area contributed by atoms with E-state index in [1.54, 1.807) is 48.4 Å². The normalized spacial score (nSPS) is 12.0. The van der Waals surface area contributed by atoms with E-state index in [1.165, 1.54) is 12.1 Å². The lowest BCUT2D eigenvalue weighted by atomic mass is 10.1. The number of hydrogen-bond donors (Lipinski definition) is 1. The lowest BCUT2D eigenvalue weighted by Crippen LogP contribution is -2.40. The molecule has 1 N–H and O–H groups in total. The fourth-order valence-corrected chi connectivity index (χ4v) is 4.10. The van der Waals surface area contributed by atoms with Crippen LogP contribution in [0.2, 0.25) is 0 Å². The maximum atomic E-state index is 13.1. The summed E-state index contributed by atoms with van der Waals surface area (Å²) in [7, 11) is -2.53. The van der Waals surface area contributed by atoms with Crippen molar-refractivity contribution in [1.82, 2.24) is 4.90 Å². The van der Waals surface area contributed by atoms with Gasteiger partial charge in [-0.2, -0.15) is 8.42 Å². The van der Waals surface area contributed by atoms with Crippen LogP contribution in [0.25, 0.3) is 0 Å². The number of methoxy groups -OCH3 is 1. The Bertz CT molecular complexity index is 1210. The molecule has 2 amide bonds. The Morgan fingerprint density at radius 2 is 1.71 bits per heavy atom. The van der Waals surface area contributed by atoms with E-state index in [9.17, 15) is 17.6 Å². The number of carbonyl (C=O) groups excluding carboxylic acids is 1. The molecular formula is C25H27FN2O5S. The van der Waals surface area contributed by atoms with Crippen LogP contribution < -0.4 is 14.2 Å². The number of ether oxygens (including phenoxy) is 1. The lowest BCUT2D eigenvalue weighted by molar-refractivity contribution is 0.187. The van der Waals surface area contributed by atoms with E-state index in [-0.39, 0.29) is 22.7 Å². The summed E-state index contributed by atoms with van der Waals surface area (Å²) in [5.74, 6) is 0.215. The standard InChI is InChI=1S/C25H27FN2O5S/c1-4-18(2)28(25(29)27-21-6-5-7-23(16-21)32-3)17-19-8-12-22(13-9-19)33-34(30,31)24-14-10-20(26)11-15-24/h5-16,18H,4,17H2,1-3H3,(H,27,29). The van der Waals surface area contributed by atoms with Gasteiger partial charge in [0.1, 0.15) is 22.2 Å². The molecule has 1 unspecified atom stereocenters. The summed E-state index contributed by atoms with van der Waals surface area (Å²) in [5.41, 5.74) is 1.42. The summed E-state index contributed by atoms with van der Waals surface area (Å²) < 4.78 is 48.2. The Morgan fingerprint density at radius 1 is 1.03 bits per heavy atom. The quantitative estimate of drug-likeness (QED) is 0.408. The molecule has 1 atom stereocenters. The molecule has 0 spiro atoms. The number of nitrogens with one attached hydrogen (secondary N) is 1. The third kappa shape index (κ3) is 6.48. The molecule has 0 aliphatic rings. The van der Waals surface area contributed by atoms with Crippen LogP contribution in [0.15, 0.2) is 77.7 Å². The highest BCUT2D eigenvalue weighted by Gasteiger charge is 2.20. The molecule has 3 aromatic carbocycles. The molecule has 0 radical (unpaired) electrons. The van der Waals surface area contributed by atoms with E-state index in [4.69, 9.17) is 8.92 Å². The molecular weight excluding hydrogens is 459 g/mol. The minimum Gasteiger partial charge on any atom is -0.497 e. The zero-order chi connectivity index (χ0) is 24.7.